The van der Waals surface area contributed by atoms with E-state index in [2.05, 4.69) is 27.8 Å². The van der Waals surface area contributed by atoms with Gasteiger partial charge in [0.25, 0.3) is 0 Å². The van der Waals surface area contributed by atoms with E-state index >= 15 is 0 Å². The van der Waals surface area contributed by atoms with E-state index in [0.717, 1.165) is 5.52 Å². The summed E-state index contributed by atoms with van der Waals surface area (Å²) in [6, 6.07) is 4.85. The summed E-state index contributed by atoms with van der Waals surface area (Å²) < 4.78 is 1.29. The number of nitrogens with zero attached hydrogens (tertiary/aromatic N) is 1. The van der Waals surface area contributed by atoms with Crippen molar-refractivity contribution in [3.05, 3.63) is 23.7 Å². The van der Waals surface area contributed by atoms with Crippen molar-refractivity contribution in [3.63, 3.8) is 0 Å². The number of hydrogen-bond donors (Lipinski definition) is 1. The fourth-order valence-corrected chi connectivity index (χ4v) is 2.59. The van der Waals surface area contributed by atoms with Gasteiger partial charge in [0.2, 0.25) is 0 Å². The van der Waals surface area contributed by atoms with E-state index in [1.54, 1.807) is 11.3 Å². The highest BCUT2D eigenvalue weighted by Crippen LogP contribution is 2.30. The monoisotopic (exact) mass is 204 g/mol. The van der Waals surface area contributed by atoms with Crippen LogP contribution in [-0.2, 0) is 0 Å². The van der Waals surface area contributed by atoms with Crippen LogP contribution in [0.3, 0.4) is 0 Å². The fourth-order valence-electron chi connectivity index (χ4n) is 1.76. The van der Waals surface area contributed by atoms with E-state index in [1.807, 2.05) is 6.20 Å². The van der Waals surface area contributed by atoms with Crippen molar-refractivity contribution in [2.45, 2.75) is 25.3 Å². The molecule has 0 radical (unpaired) electrons. The average molecular weight is 204 g/mol. The normalized spacial score (nSPS) is 16.9. The van der Waals surface area contributed by atoms with Crippen molar-refractivity contribution >= 4 is 27.2 Å². The summed E-state index contributed by atoms with van der Waals surface area (Å²) in [7, 11) is 0. The molecule has 1 saturated carbocycles. The van der Waals surface area contributed by atoms with E-state index in [9.17, 15) is 0 Å². The quantitative estimate of drug-likeness (QED) is 0.812. The van der Waals surface area contributed by atoms with E-state index in [0.29, 0.717) is 6.04 Å². The van der Waals surface area contributed by atoms with Gasteiger partial charge in [-0.1, -0.05) is 0 Å². The highest BCUT2D eigenvalue weighted by molar-refractivity contribution is 7.17. The standard InChI is InChI=1S/C11H12N2S/c1-2-8(3-1)13-10-4-6-12-9-5-7-14-11(9)10/h4-8H,1-3H2,(H,12,13). The van der Waals surface area contributed by atoms with Crippen LogP contribution >= 0.6 is 11.3 Å². The molecule has 2 heterocycles. The molecule has 3 rings (SSSR count). The lowest BCUT2D eigenvalue weighted by Gasteiger charge is -2.27. The molecule has 0 unspecified atom stereocenters. The smallest absolute Gasteiger partial charge is 0.0830 e. The largest absolute Gasteiger partial charge is 0.381 e. The SMILES string of the molecule is c1cc(NC2CCC2)c2sccc2n1. The first kappa shape index (κ1) is 8.24. The topological polar surface area (TPSA) is 24.9 Å². The molecule has 14 heavy (non-hydrogen) atoms. The number of nitrogens with one attached hydrogen (secondary N) is 1. The number of rotatable bonds is 2. The van der Waals surface area contributed by atoms with Gasteiger partial charge in [0.1, 0.15) is 0 Å². The van der Waals surface area contributed by atoms with Gasteiger partial charge in [-0.3, -0.25) is 4.98 Å². The summed E-state index contributed by atoms with van der Waals surface area (Å²) in [6.45, 7) is 0. The summed E-state index contributed by atoms with van der Waals surface area (Å²) in [5, 5.41) is 5.68. The van der Waals surface area contributed by atoms with Gasteiger partial charge in [0.05, 0.1) is 15.9 Å². The maximum absolute atomic E-state index is 4.32. The van der Waals surface area contributed by atoms with Gasteiger partial charge in [-0.15, -0.1) is 11.3 Å². The zero-order valence-electron chi connectivity index (χ0n) is 7.86. The number of anilines is 1. The molecular formula is C11H12N2S. The summed E-state index contributed by atoms with van der Waals surface area (Å²) in [6.07, 6.45) is 5.89. The number of aromatic nitrogens is 1. The molecule has 0 aromatic carbocycles. The minimum Gasteiger partial charge on any atom is -0.381 e. The maximum atomic E-state index is 4.32. The van der Waals surface area contributed by atoms with Crippen LogP contribution in [0.5, 0.6) is 0 Å². The van der Waals surface area contributed by atoms with Crippen molar-refractivity contribution in [2.24, 2.45) is 0 Å². The second-order valence-corrected chi connectivity index (χ2v) is 4.68. The molecular weight excluding hydrogens is 192 g/mol. The molecule has 1 fully saturated rings. The van der Waals surface area contributed by atoms with Crippen molar-refractivity contribution < 1.29 is 0 Å². The lowest BCUT2D eigenvalue weighted by Crippen LogP contribution is -2.26. The molecule has 0 amide bonds. The van der Waals surface area contributed by atoms with Gasteiger partial charge >= 0.3 is 0 Å². The molecule has 2 aromatic rings. The van der Waals surface area contributed by atoms with E-state index in [1.165, 1.54) is 29.6 Å². The van der Waals surface area contributed by atoms with Gasteiger partial charge in [-0.05, 0) is 36.8 Å². The summed E-state index contributed by atoms with van der Waals surface area (Å²) in [5.74, 6) is 0. The second-order valence-electron chi connectivity index (χ2n) is 3.77. The third kappa shape index (κ3) is 1.28. The third-order valence-corrected chi connectivity index (χ3v) is 3.75. The van der Waals surface area contributed by atoms with Crippen LogP contribution in [0.15, 0.2) is 23.7 Å². The minimum atomic E-state index is 0.697. The van der Waals surface area contributed by atoms with E-state index in [-0.39, 0.29) is 0 Å². The van der Waals surface area contributed by atoms with Crippen LogP contribution in [0.4, 0.5) is 5.69 Å². The van der Waals surface area contributed by atoms with Crippen molar-refractivity contribution in [2.75, 3.05) is 5.32 Å². The Morgan fingerprint density at radius 3 is 3.07 bits per heavy atom. The molecule has 72 valence electrons. The predicted molar refractivity (Wildman–Crippen MR) is 60.9 cm³/mol. The maximum Gasteiger partial charge on any atom is 0.0830 e. The van der Waals surface area contributed by atoms with Gasteiger partial charge in [-0.2, -0.15) is 0 Å². The zero-order chi connectivity index (χ0) is 9.38. The van der Waals surface area contributed by atoms with Crippen molar-refractivity contribution in [1.82, 2.24) is 4.98 Å². The lowest BCUT2D eigenvalue weighted by atomic mass is 9.93. The Morgan fingerprint density at radius 2 is 2.29 bits per heavy atom. The van der Waals surface area contributed by atoms with E-state index < -0.39 is 0 Å². The zero-order valence-corrected chi connectivity index (χ0v) is 8.68. The Hall–Kier alpha value is -1.09. The Kier molecular flexibility index (Phi) is 1.91. The highest BCUT2D eigenvalue weighted by atomic mass is 32.1. The number of hydrogen-bond acceptors (Lipinski definition) is 3. The molecule has 0 bridgehead atoms. The van der Waals surface area contributed by atoms with Crippen LogP contribution in [-0.4, -0.2) is 11.0 Å². The van der Waals surface area contributed by atoms with E-state index in [4.69, 9.17) is 0 Å². The fraction of sp³-hybridized carbons (Fsp3) is 0.364. The average Bonchev–Trinajstić information content (AvgIpc) is 2.59. The summed E-state index contributed by atoms with van der Waals surface area (Å²) in [5.41, 5.74) is 2.37. The first-order chi connectivity index (χ1) is 6.93. The summed E-state index contributed by atoms with van der Waals surface area (Å²) in [4.78, 5) is 4.32. The molecule has 1 N–H and O–H groups in total. The van der Waals surface area contributed by atoms with Gasteiger partial charge < -0.3 is 5.32 Å². The van der Waals surface area contributed by atoms with Crippen LogP contribution in [0.2, 0.25) is 0 Å². The third-order valence-electron chi connectivity index (χ3n) is 2.81. The Labute approximate surface area is 87.0 Å². The molecule has 0 atom stereocenters. The van der Waals surface area contributed by atoms with Crippen LogP contribution in [0.25, 0.3) is 10.2 Å². The Bertz CT molecular complexity index is 445. The van der Waals surface area contributed by atoms with Crippen molar-refractivity contribution in [1.29, 1.82) is 0 Å². The van der Waals surface area contributed by atoms with Crippen LogP contribution in [0, 0.1) is 0 Å². The molecule has 0 aliphatic heterocycles. The number of fused-ring (bicyclic) bond motifs is 1. The Morgan fingerprint density at radius 1 is 1.36 bits per heavy atom. The van der Waals surface area contributed by atoms with Crippen LogP contribution in [0.1, 0.15) is 19.3 Å². The molecule has 1 aliphatic carbocycles. The van der Waals surface area contributed by atoms with Gasteiger partial charge in [0.15, 0.2) is 0 Å². The predicted octanol–water partition coefficient (Wildman–Crippen LogP) is 3.26. The molecule has 2 nitrogen and oxygen atoms in total. The van der Waals surface area contributed by atoms with Gasteiger partial charge in [0, 0.05) is 12.2 Å². The Balaban J connectivity index is 1.97. The molecule has 2 aromatic heterocycles. The second kappa shape index (κ2) is 3.24. The first-order valence-corrected chi connectivity index (χ1v) is 5.90. The number of thiophene rings is 1. The molecule has 0 spiro atoms. The molecule has 1 aliphatic rings. The van der Waals surface area contributed by atoms with Crippen LogP contribution < -0.4 is 5.32 Å². The molecule has 3 heteroatoms. The van der Waals surface area contributed by atoms with Crippen molar-refractivity contribution in [3.8, 4) is 0 Å². The first-order valence-electron chi connectivity index (χ1n) is 5.02. The number of pyridine rings is 1. The summed E-state index contributed by atoms with van der Waals surface area (Å²) >= 11 is 1.77. The van der Waals surface area contributed by atoms with Gasteiger partial charge in [-0.25, -0.2) is 0 Å². The molecule has 0 saturated heterocycles. The lowest BCUT2D eigenvalue weighted by molar-refractivity contribution is 0.446. The highest BCUT2D eigenvalue weighted by Gasteiger charge is 2.17. The minimum absolute atomic E-state index is 0.697.